The maximum atomic E-state index is 11.5. The second kappa shape index (κ2) is 9.27. The van der Waals surface area contributed by atoms with Crippen molar-refractivity contribution in [2.24, 2.45) is 5.73 Å². The van der Waals surface area contributed by atoms with E-state index >= 15 is 0 Å². The number of hydrogen-bond donors (Lipinski definition) is 3. The van der Waals surface area contributed by atoms with Gasteiger partial charge >= 0.3 is 5.97 Å². The van der Waals surface area contributed by atoms with Crippen molar-refractivity contribution < 1.29 is 14.7 Å². The Morgan fingerprint density at radius 2 is 1.76 bits per heavy atom. The van der Waals surface area contributed by atoms with Crippen molar-refractivity contribution >= 4 is 23.8 Å². The molecule has 0 heterocycles. The largest absolute Gasteiger partial charge is 0.480 e. The number of carbonyl (C=O) groups is 2. The van der Waals surface area contributed by atoms with E-state index in [-0.39, 0.29) is 10.8 Å². The fraction of sp³-hybridized carbons (Fsp3) is 0.857. The average molecular weight is 319 g/mol. The van der Waals surface area contributed by atoms with Gasteiger partial charge in [0.2, 0.25) is 0 Å². The molecule has 0 aromatic carbocycles. The van der Waals surface area contributed by atoms with Gasteiger partial charge in [-0.3, -0.25) is 14.5 Å². The molecular weight excluding hydrogens is 290 g/mol. The van der Waals surface area contributed by atoms with E-state index in [0.717, 1.165) is 13.0 Å². The molecule has 0 bridgehead atoms. The summed E-state index contributed by atoms with van der Waals surface area (Å²) >= 11 is 3.89. The van der Waals surface area contributed by atoms with Crippen LogP contribution in [-0.4, -0.2) is 64.4 Å². The number of aliphatic carboxylic acids is 1. The molecule has 0 aromatic rings. The Morgan fingerprint density at radius 1 is 1.19 bits per heavy atom. The van der Waals surface area contributed by atoms with Crippen LogP contribution < -0.4 is 5.73 Å². The number of unbranched alkanes of at least 4 members (excludes halogenated alkanes) is 1. The Kier molecular flexibility index (Phi) is 8.92. The van der Waals surface area contributed by atoms with E-state index < -0.39 is 12.0 Å². The Hall–Kier alpha value is -0.790. The van der Waals surface area contributed by atoms with Gasteiger partial charge in [-0.15, -0.1) is 0 Å². The number of thiol groups is 1. The molecule has 21 heavy (non-hydrogen) atoms. The molecule has 0 rings (SSSR count). The highest BCUT2D eigenvalue weighted by Crippen LogP contribution is 2.11. The van der Waals surface area contributed by atoms with Gasteiger partial charge in [0, 0.05) is 25.2 Å². The molecule has 7 heteroatoms. The molecule has 124 valence electrons. The van der Waals surface area contributed by atoms with Crippen LogP contribution in [-0.2, 0) is 4.79 Å². The minimum Gasteiger partial charge on any atom is -0.480 e. The standard InChI is InChI=1S/C14H29N3O3S/c1-14(2,3)16(4)9-10-17(13(20)21)8-6-5-7-11(15)12(18)19/h11H,5-10,15H2,1-4H3,(H,18,19)(H,20,21)/t11-/m0/s1. The highest BCUT2D eigenvalue weighted by atomic mass is 32.1. The zero-order valence-electron chi connectivity index (χ0n) is 13.5. The first-order valence-corrected chi connectivity index (χ1v) is 7.68. The number of nitrogens with two attached hydrogens (primary N) is 1. The van der Waals surface area contributed by atoms with Crippen molar-refractivity contribution in [2.75, 3.05) is 26.7 Å². The van der Waals surface area contributed by atoms with Crippen molar-refractivity contribution in [1.29, 1.82) is 0 Å². The van der Waals surface area contributed by atoms with Gasteiger partial charge in [0.05, 0.1) is 0 Å². The molecule has 0 saturated heterocycles. The molecule has 1 amide bonds. The SMILES string of the molecule is CN(CCN(CCCC[C@H](N)C(=O)O)C(=O)S)C(C)(C)C. The Morgan fingerprint density at radius 3 is 2.19 bits per heavy atom. The maximum absolute atomic E-state index is 11.5. The first kappa shape index (κ1) is 20.2. The quantitative estimate of drug-likeness (QED) is 0.444. The van der Waals surface area contributed by atoms with Crippen LogP contribution in [0.5, 0.6) is 0 Å². The molecule has 0 fully saturated rings. The van der Waals surface area contributed by atoms with Gasteiger partial charge in [-0.25, -0.2) is 0 Å². The summed E-state index contributed by atoms with van der Waals surface area (Å²) in [5.41, 5.74) is 5.49. The lowest BCUT2D eigenvalue weighted by molar-refractivity contribution is -0.138. The number of amides is 1. The summed E-state index contributed by atoms with van der Waals surface area (Å²) in [5.74, 6) is -0.982. The summed E-state index contributed by atoms with van der Waals surface area (Å²) in [7, 11) is 2.02. The first-order valence-electron chi connectivity index (χ1n) is 7.23. The molecule has 1 atom stereocenters. The third-order valence-corrected chi connectivity index (χ3v) is 3.91. The Labute approximate surface area is 133 Å². The molecule has 0 spiro atoms. The van der Waals surface area contributed by atoms with E-state index in [9.17, 15) is 9.59 Å². The number of likely N-dealkylation sites (N-methyl/N-ethyl adjacent to an activating group) is 1. The Balaban J connectivity index is 4.10. The summed E-state index contributed by atoms with van der Waals surface area (Å²) in [6.07, 6.45) is 1.83. The fourth-order valence-electron chi connectivity index (χ4n) is 1.70. The summed E-state index contributed by atoms with van der Waals surface area (Å²) in [6.45, 7) is 8.31. The number of carbonyl (C=O) groups excluding carboxylic acids is 1. The molecule has 0 saturated carbocycles. The van der Waals surface area contributed by atoms with Crippen molar-refractivity contribution in [3.63, 3.8) is 0 Å². The van der Waals surface area contributed by atoms with Crippen molar-refractivity contribution in [2.45, 2.75) is 51.6 Å². The Bertz CT molecular complexity index is 345. The third kappa shape index (κ3) is 8.95. The minimum absolute atomic E-state index is 0.0551. The smallest absolute Gasteiger partial charge is 0.320 e. The van der Waals surface area contributed by atoms with Gasteiger partial charge in [0.1, 0.15) is 6.04 Å². The summed E-state index contributed by atoms with van der Waals surface area (Å²) in [5, 5.41) is 8.44. The van der Waals surface area contributed by atoms with Gasteiger partial charge < -0.3 is 15.7 Å². The second-order valence-electron chi connectivity index (χ2n) is 6.30. The van der Waals surface area contributed by atoms with E-state index in [2.05, 4.69) is 38.3 Å². The molecule has 6 nitrogen and oxygen atoms in total. The normalized spacial score (nSPS) is 13.3. The fourth-order valence-corrected chi connectivity index (χ4v) is 1.90. The summed E-state index contributed by atoms with van der Waals surface area (Å²) in [6, 6.07) is -0.822. The van der Waals surface area contributed by atoms with E-state index in [0.29, 0.717) is 25.9 Å². The molecular formula is C14H29N3O3S. The van der Waals surface area contributed by atoms with Crippen LogP contribution in [0, 0.1) is 0 Å². The van der Waals surface area contributed by atoms with E-state index in [1.54, 1.807) is 4.90 Å². The highest BCUT2D eigenvalue weighted by molar-refractivity contribution is 7.96. The van der Waals surface area contributed by atoms with Crippen LogP contribution in [0.1, 0.15) is 40.0 Å². The molecule has 0 aromatic heterocycles. The van der Waals surface area contributed by atoms with Gasteiger partial charge in [-0.05, 0) is 47.1 Å². The van der Waals surface area contributed by atoms with Gasteiger partial charge in [0.25, 0.3) is 5.24 Å². The van der Waals surface area contributed by atoms with Gasteiger partial charge in [-0.2, -0.15) is 0 Å². The second-order valence-corrected chi connectivity index (χ2v) is 6.69. The molecule has 0 radical (unpaired) electrons. The maximum Gasteiger partial charge on any atom is 0.320 e. The van der Waals surface area contributed by atoms with Crippen LogP contribution in [0.15, 0.2) is 0 Å². The molecule has 0 aliphatic carbocycles. The number of rotatable bonds is 9. The first-order chi connectivity index (χ1) is 9.55. The van der Waals surface area contributed by atoms with Crippen LogP contribution >= 0.6 is 12.6 Å². The number of nitrogens with zero attached hydrogens (tertiary/aromatic N) is 2. The summed E-state index contributed by atoms with van der Waals surface area (Å²) in [4.78, 5) is 26.0. The monoisotopic (exact) mass is 319 g/mol. The lowest BCUT2D eigenvalue weighted by Gasteiger charge is -2.33. The topological polar surface area (TPSA) is 86.9 Å². The van der Waals surface area contributed by atoms with Crippen molar-refractivity contribution in [3.8, 4) is 0 Å². The minimum atomic E-state index is -0.982. The van der Waals surface area contributed by atoms with Crippen LogP contribution in [0.25, 0.3) is 0 Å². The molecule has 3 N–H and O–H groups in total. The molecule has 0 aliphatic rings. The van der Waals surface area contributed by atoms with E-state index in [4.69, 9.17) is 10.8 Å². The third-order valence-electron chi connectivity index (χ3n) is 3.63. The predicted octanol–water partition coefficient (Wildman–Crippen LogP) is 1.65. The van der Waals surface area contributed by atoms with Gasteiger partial charge in [0.15, 0.2) is 0 Å². The van der Waals surface area contributed by atoms with Gasteiger partial charge in [-0.1, -0.05) is 12.6 Å². The van der Waals surface area contributed by atoms with Crippen LogP contribution in [0.3, 0.4) is 0 Å². The average Bonchev–Trinajstić information content (AvgIpc) is 2.35. The van der Waals surface area contributed by atoms with E-state index in [1.165, 1.54) is 0 Å². The lowest BCUT2D eigenvalue weighted by Crippen LogP contribution is -2.43. The highest BCUT2D eigenvalue weighted by Gasteiger charge is 2.18. The van der Waals surface area contributed by atoms with Crippen LogP contribution in [0.4, 0.5) is 4.79 Å². The molecule has 0 unspecified atom stereocenters. The predicted molar refractivity (Wildman–Crippen MR) is 87.8 cm³/mol. The molecule has 0 aliphatic heterocycles. The summed E-state index contributed by atoms with van der Waals surface area (Å²) < 4.78 is 0. The number of carboxylic acid groups (broad SMARTS) is 1. The lowest BCUT2D eigenvalue weighted by atomic mass is 10.1. The van der Waals surface area contributed by atoms with Crippen molar-refractivity contribution in [3.05, 3.63) is 0 Å². The van der Waals surface area contributed by atoms with E-state index in [1.807, 2.05) is 7.05 Å². The number of carboxylic acids is 1. The zero-order valence-corrected chi connectivity index (χ0v) is 14.4. The van der Waals surface area contributed by atoms with Crippen molar-refractivity contribution in [1.82, 2.24) is 9.80 Å². The number of hydrogen-bond acceptors (Lipinski definition) is 4. The van der Waals surface area contributed by atoms with Crippen LogP contribution in [0.2, 0.25) is 0 Å². The zero-order chi connectivity index (χ0) is 16.6.